The molecular weight excluding hydrogens is 212 g/mol. The summed E-state index contributed by atoms with van der Waals surface area (Å²) in [7, 11) is 0. The summed E-state index contributed by atoms with van der Waals surface area (Å²) >= 11 is 0. The fourth-order valence-corrected chi connectivity index (χ4v) is 3.15. The van der Waals surface area contributed by atoms with Crippen molar-refractivity contribution in [2.24, 2.45) is 5.92 Å². The van der Waals surface area contributed by atoms with Crippen molar-refractivity contribution in [2.45, 2.75) is 51.6 Å². The van der Waals surface area contributed by atoms with Crippen molar-refractivity contribution < 1.29 is 4.74 Å². The van der Waals surface area contributed by atoms with Crippen molar-refractivity contribution in [3.8, 4) is 0 Å². The molecule has 0 aromatic heterocycles. The van der Waals surface area contributed by atoms with Crippen LogP contribution >= 0.6 is 0 Å². The van der Waals surface area contributed by atoms with Crippen molar-refractivity contribution >= 4 is 0 Å². The zero-order valence-electron chi connectivity index (χ0n) is 11.5. The lowest BCUT2D eigenvalue weighted by Gasteiger charge is -2.38. The van der Waals surface area contributed by atoms with E-state index in [0.717, 1.165) is 25.7 Å². The maximum Gasteiger partial charge on any atom is 0.0637 e. The number of ether oxygens (including phenoxy) is 1. The van der Waals surface area contributed by atoms with Crippen molar-refractivity contribution in [1.29, 1.82) is 0 Å². The van der Waals surface area contributed by atoms with E-state index >= 15 is 0 Å². The van der Waals surface area contributed by atoms with E-state index in [9.17, 15) is 0 Å². The summed E-state index contributed by atoms with van der Waals surface area (Å²) in [5.41, 5.74) is 0. The molecule has 0 bridgehead atoms. The van der Waals surface area contributed by atoms with Gasteiger partial charge in [-0.25, -0.2) is 0 Å². The van der Waals surface area contributed by atoms with Crippen LogP contribution in [0.1, 0.15) is 39.5 Å². The molecule has 2 saturated heterocycles. The zero-order valence-corrected chi connectivity index (χ0v) is 11.5. The first-order valence-corrected chi connectivity index (χ1v) is 7.40. The van der Waals surface area contributed by atoms with Gasteiger partial charge in [-0.2, -0.15) is 0 Å². The predicted molar refractivity (Wildman–Crippen MR) is 71.3 cm³/mol. The second kappa shape index (κ2) is 6.72. The first-order valence-electron chi connectivity index (χ1n) is 7.40. The standard InChI is InChI=1S/C14H28N2O/c1-3-7-15-13-6-9-17-11-14(13)16-8-5-12(4-2)10-16/h12-15H,3-11H2,1-2H3. The molecule has 2 aliphatic heterocycles. The monoisotopic (exact) mass is 240 g/mol. The van der Waals surface area contributed by atoms with Crippen molar-refractivity contribution in [3.05, 3.63) is 0 Å². The summed E-state index contributed by atoms with van der Waals surface area (Å²) in [6.07, 6.45) is 5.12. The minimum Gasteiger partial charge on any atom is -0.380 e. The highest BCUT2D eigenvalue weighted by atomic mass is 16.5. The smallest absolute Gasteiger partial charge is 0.0637 e. The number of hydrogen-bond donors (Lipinski definition) is 1. The van der Waals surface area contributed by atoms with Crippen LogP contribution in [-0.2, 0) is 4.74 Å². The first kappa shape index (κ1) is 13.3. The van der Waals surface area contributed by atoms with Gasteiger partial charge in [0.25, 0.3) is 0 Å². The molecule has 3 heteroatoms. The molecule has 100 valence electrons. The van der Waals surface area contributed by atoms with Crippen molar-refractivity contribution in [1.82, 2.24) is 10.2 Å². The Bertz CT molecular complexity index is 220. The molecule has 0 spiro atoms. The van der Waals surface area contributed by atoms with Gasteiger partial charge in [0.1, 0.15) is 0 Å². The van der Waals surface area contributed by atoms with Gasteiger partial charge in [0.2, 0.25) is 0 Å². The van der Waals surface area contributed by atoms with Gasteiger partial charge in [0.15, 0.2) is 0 Å². The third-order valence-corrected chi connectivity index (χ3v) is 4.35. The Morgan fingerprint density at radius 2 is 2.18 bits per heavy atom. The number of hydrogen-bond acceptors (Lipinski definition) is 3. The second-order valence-corrected chi connectivity index (χ2v) is 5.55. The summed E-state index contributed by atoms with van der Waals surface area (Å²) in [5.74, 6) is 0.920. The maximum atomic E-state index is 5.69. The normalized spacial score (nSPS) is 35.3. The highest BCUT2D eigenvalue weighted by Crippen LogP contribution is 2.24. The molecule has 2 rings (SSSR count). The molecule has 3 nitrogen and oxygen atoms in total. The van der Waals surface area contributed by atoms with Gasteiger partial charge in [-0.1, -0.05) is 20.3 Å². The summed E-state index contributed by atoms with van der Waals surface area (Å²) in [6.45, 7) is 10.1. The molecule has 2 aliphatic rings. The molecular formula is C14H28N2O. The zero-order chi connectivity index (χ0) is 12.1. The molecule has 0 radical (unpaired) electrons. The lowest BCUT2D eigenvalue weighted by molar-refractivity contribution is 0.00397. The van der Waals surface area contributed by atoms with Crippen molar-refractivity contribution in [3.63, 3.8) is 0 Å². The Hall–Kier alpha value is -0.120. The second-order valence-electron chi connectivity index (χ2n) is 5.55. The van der Waals surface area contributed by atoms with Crippen LogP contribution in [-0.4, -0.2) is 49.8 Å². The molecule has 1 N–H and O–H groups in total. The van der Waals surface area contributed by atoms with Crippen LogP contribution < -0.4 is 5.32 Å². The summed E-state index contributed by atoms with van der Waals surface area (Å²) < 4.78 is 5.69. The van der Waals surface area contributed by atoms with Gasteiger partial charge in [-0.3, -0.25) is 4.90 Å². The van der Waals surface area contributed by atoms with Crippen LogP contribution in [0.15, 0.2) is 0 Å². The Morgan fingerprint density at radius 3 is 2.88 bits per heavy atom. The molecule has 0 amide bonds. The van der Waals surface area contributed by atoms with Crippen LogP contribution in [0.2, 0.25) is 0 Å². The average molecular weight is 240 g/mol. The van der Waals surface area contributed by atoms with E-state index in [-0.39, 0.29) is 0 Å². The Morgan fingerprint density at radius 1 is 1.29 bits per heavy atom. The average Bonchev–Trinajstić information content (AvgIpc) is 2.85. The largest absolute Gasteiger partial charge is 0.380 e. The van der Waals surface area contributed by atoms with E-state index < -0.39 is 0 Å². The van der Waals surface area contributed by atoms with Gasteiger partial charge < -0.3 is 10.1 Å². The quantitative estimate of drug-likeness (QED) is 0.794. The summed E-state index contributed by atoms with van der Waals surface area (Å²) in [6, 6.07) is 1.27. The van der Waals surface area contributed by atoms with Crippen LogP contribution in [0.4, 0.5) is 0 Å². The Balaban J connectivity index is 1.87. The number of nitrogens with zero attached hydrogens (tertiary/aromatic N) is 1. The van der Waals surface area contributed by atoms with Gasteiger partial charge >= 0.3 is 0 Å². The number of nitrogens with one attached hydrogen (secondary N) is 1. The minimum atomic E-state index is 0.617. The summed E-state index contributed by atoms with van der Waals surface area (Å²) in [4.78, 5) is 2.67. The molecule has 3 atom stereocenters. The summed E-state index contributed by atoms with van der Waals surface area (Å²) in [5, 5.41) is 3.71. The maximum absolute atomic E-state index is 5.69. The van der Waals surface area contributed by atoms with E-state index in [2.05, 4.69) is 24.1 Å². The first-order chi connectivity index (χ1) is 8.35. The van der Waals surface area contributed by atoms with E-state index in [0.29, 0.717) is 12.1 Å². The lowest BCUT2D eigenvalue weighted by Crippen LogP contribution is -2.54. The fraction of sp³-hybridized carbons (Fsp3) is 1.00. The van der Waals surface area contributed by atoms with Crippen LogP contribution in [0, 0.1) is 5.92 Å². The number of rotatable bonds is 5. The highest BCUT2D eigenvalue weighted by Gasteiger charge is 2.34. The van der Waals surface area contributed by atoms with Gasteiger partial charge in [0, 0.05) is 25.2 Å². The molecule has 0 saturated carbocycles. The molecule has 2 heterocycles. The molecule has 2 fully saturated rings. The Kier molecular flexibility index (Phi) is 5.26. The van der Waals surface area contributed by atoms with Gasteiger partial charge in [-0.05, 0) is 38.3 Å². The molecule has 0 aromatic carbocycles. The molecule has 0 aliphatic carbocycles. The van der Waals surface area contributed by atoms with E-state index in [1.165, 1.54) is 38.8 Å². The minimum absolute atomic E-state index is 0.617. The van der Waals surface area contributed by atoms with Crippen LogP contribution in [0.5, 0.6) is 0 Å². The van der Waals surface area contributed by atoms with E-state index in [4.69, 9.17) is 4.74 Å². The fourth-order valence-electron chi connectivity index (χ4n) is 3.15. The third-order valence-electron chi connectivity index (χ3n) is 4.35. The predicted octanol–water partition coefficient (Wildman–Crippen LogP) is 1.88. The molecule has 17 heavy (non-hydrogen) atoms. The van der Waals surface area contributed by atoms with Crippen molar-refractivity contribution in [2.75, 3.05) is 32.8 Å². The van der Waals surface area contributed by atoms with E-state index in [1.54, 1.807) is 0 Å². The topological polar surface area (TPSA) is 24.5 Å². The Labute approximate surface area is 106 Å². The number of likely N-dealkylation sites (tertiary alicyclic amines) is 1. The molecule has 3 unspecified atom stereocenters. The highest BCUT2D eigenvalue weighted by molar-refractivity contribution is 4.90. The molecule has 0 aromatic rings. The lowest BCUT2D eigenvalue weighted by atomic mass is 10.0. The van der Waals surface area contributed by atoms with Gasteiger partial charge in [0.05, 0.1) is 6.61 Å². The van der Waals surface area contributed by atoms with Gasteiger partial charge in [-0.15, -0.1) is 0 Å². The third kappa shape index (κ3) is 3.43. The van der Waals surface area contributed by atoms with E-state index in [1.807, 2.05) is 0 Å². The SMILES string of the molecule is CCCNC1CCOCC1N1CCC(CC)C1. The van der Waals surface area contributed by atoms with Crippen LogP contribution in [0.3, 0.4) is 0 Å². The van der Waals surface area contributed by atoms with Crippen LogP contribution in [0.25, 0.3) is 0 Å².